The fourth-order valence-corrected chi connectivity index (χ4v) is 2.18. The molecule has 0 bridgehead atoms. The third-order valence-corrected chi connectivity index (χ3v) is 3.40. The number of carbonyl (C=O) groups excluding carboxylic acids is 1. The predicted molar refractivity (Wildman–Crippen MR) is 81.2 cm³/mol. The van der Waals surface area contributed by atoms with Gasteiger partial charge in [0.1, 0.15) is 5.56 Å². The Hall–Kier alpha value is -2.75. The first-order valence-corrected chi connectivity index (χ1v) is 7.12. The maximum Gasteiger partial charge on any atom is 0.420 e. The molecule has 0 saturated heterocycles. The number of aromatic nitrogens is 2. The number of esters is 1. The number of ether oxygens (including phenoxy) is 1. The molecule has 1 heterocycles. The Morgan fingerprint density at radius 3 is 2.58 bits per heavy atom. The lowest BCUT2D eigenvalue weighted by Crippen LogP contribution is -2.21. The zero-order valence-electron chi connectivity index (χ0n) is 13.1. The molecule has 0 amide bonds. The van der Waals surface area contributed by atoms with Gasteiger partial charge in [-0.05, 0) is 19.4 Å². The minimum Gasteiger partial charge on any atom is -0.448 e. The van der Waals surface area contributed by atoms with E-state index in [4.69, 9.17) is 4.74 Å². The van der Waals surface area contributed by atoms with E-state index in [0.717, 1.165) is 10.2 Å². The van der Waals surface area contributed by atoms with Crippen molar-refractivity contribution in [3.63, 3.8) is 0 Å². The molecule has 126 valence electrons. The summed E-state index contributed by atoms with van der Waals surface area (Å²) in [5.74, 6) is 3.87. The standard InChI is InChI=1S/C17H15F3N2O2/c1-3-4-10-24-16(23)15-14(17(18,19)20)11-21-22(15)12(2)13-8-6-5-7-9-13/h5-9,11-12H,10H2,1-2H3/t12-/m1/s1. The van der Waals surface area contributed by atoms with Gasteiger partial charge in [-0.2, -0.15) is 18.3 Å². The van der Waals surface area contributed by atoms with E-state index < -0.39 is 29.4 Å². The predicted octanol–water partition coefficient (Wildman–Crippen LogP) is 3.69. The van der Waals surface area contributed by atoms with Crippen molar-refractivity contribution in [2.45, 2.75) is 26.1 Å². The summed E-state index contributed by atoms with van der Waals surface area (Å²) in [6, 6.07) is 8.24. The fraction of sp³-hybridized carbons (Fsp3) is 0.294. The summed E-state index contributed by atoms with van der Waals surface area (Å²) >= 11 is 0. The van der Waals surface area contributed by atoms with Crippen molar-refractivity contribution >= 4 is 5.97 Å². The maximum absolute atomic E-state index is 13.2. The highest BCUT2D eigenvalue weighted by Gasteiger charge is 2.40. The number of halogens is 3. The Morgan fingerprint density at radius 1 is 1.33 bits per heavy atom. The topological polar surface area (TPSA) is 44.1 Å². The second-order valence-corrected chi connectivity index (χ2v) is 4.94. The number of benzene rings is 1. The highest BCUT2D eigenvalue weighted by atomic mass is 19.4. The van der Waals surface area contributed by atoms with Gasteiger partial charge in [0.25, 0.3) is 0 Å². The molecule has 2 rings (SSSR count). The lowest BCUT2D eigenvalue weighted by Gasteiger charge is -2.16. The second kappa shape index (κ2) is 7.21. The highest BCUT2D eigenvalue weighted by molar-refractivity contribution is 5.89. The van der Waals surface area contributed by atoms with Crippen LogP contribution in [0.3, 0.4) is 0 Å². The van der Waals surface area contributed by atoms with Crippen molar-refractivity contribution in [1.29, 1.82) is 0 Å². The van der Waals surface area contributed by atoms with Gasteiger partial charge in [0.05, 0.1) is 12.2 Å². The number of alkyl halides is 3. The Labute approximate surface area is 137 Å². The SMILES string of the molecule is CC#CCOC(=O)c1c(C(F)(F)F)cnn1[C@H](C)c1ccccc1. The van der Waals surface area contributed by atoms with Gasteiger partial charge in [-0.3, -0.25) is 4.68 Å². The molecule has 0 fully saturated rings. The van der Waals surface area contributed by atoms with Crippen molar-refractivity contribution in [2.24, 2.45) is 0 Å². The number of carbonyl (C=O) groups is 1. The normalized spacial score (nSPS) is 12.2. The number of hydrogen-bond acceptors (Lipinski definition) is 3. The van der Waals surface area contributed by atoms with Gasteiger partial charge in [-0.15, -0.1) is 5.92 Å². The summed E-state index contributed by atoms with van der Waals surface area (Å²) in [6.07, 6.45) is -4.07. The van der Waals surface area contributed by atoms with Crippen molar-refractivity contribution in [2.75, 3.05) is 6.61 Å². The van der Waals surface area contributed by atoms with Gasteiger partial charge >= 0.3 is 12.1 Å². The van der Waals surface area contributed by atoms with E-state index in [1.54, 1.807) is 37.3 Å². The zero-order valence-corrected chi connectivity index (χ0v) is 13.1. The van der Waals surface area contributed by atoms with E-state index in [0.29, 0.717) is 6.20 Å². The largest absolute Gasteiger partial charge is 0.448 e. The first-order valence-electron chi connectivity index (χ1n) is 7.12. The van der Waals surface area contributed by atoms with Crippen LogP contribution in [0.5, 0.6) is 0 Å². The van der Waals surface area contributed by atoms with Crippen molar-refractivity contribution in [1.82, 2.24) is 9.78 Å². The molecule has 4 nitrogen and oxygen atoms in total. The smallest absolute Gasteiger partial charge is 0.420 e. The molecule has 1 aromatic heterocycles. The van der Waals surface area contributed by atoms with Gasteiger partial charge in [0.15, 0.2) is 12.3 Å². The van der Waals surface area contributed by atoms with Crippen LogP contribution >= 0.6 is 0 Å². The van der Waals surface area contributed by atoms with Crippen LogP contribution in [0.15, 0.2) is 36.5 Å². The van der Waals surface area contributed by atoms with Crippen molar-refractivity contribution in [3.8, 4) is 11.8 Å². The molecule has 0 aliphatic rings. The lowest BCUT2D eigenvalue weighted by atomic mass is 10.1. The monoisotopic (exact) mass is 336 g/mol. The van der Waals surface area contributed by atoms with Crippen LogP contribution in [0.4, 0.5) is 13.2 Å². The zero-order chi connectivity index (χ0) is 17.7. The highest BCUT2D eigenvalue weighted by Crippen LogP contribution is 2.34. The summed E-state index contributed by atoms with van der Waals surface area (Å²) < 4.78 is 45.4. The maximum atomic E-state index is 13.2. The van der Waals surface area contributed by atoms with Gasteiger partial charge in [0, 0.05) is 0 Å². The Kier molecular flexibility index (Phi) is 5.29. The number of rotatable bonds is 4. The second-order valence-electron chi connectivity index (χ2n) is 4.94. The van der Waals surface area contributed by atoms with E-state index >= 15 is 0 Å². The van der Waals surface area contributed by atoms with Crippen LogP contribution in [0.25, 0.3) is 0 Å². The molecule has 7 heteroatoms. The lowest BCUT2D eigenvalue weighted by molar-refractivity contribution is -0.138. The van der Waals surface area contributed by atoms with Gasteiger partial charge < -0.3 is 4.74 Å². The molecular formula is C17H15F3N2O2. The Balaban J connectivity index is 2.46. The summed E-state index contributed by atoms with van der Waals surface area (Å²) in [7, 11) is 0. The molecule has 0 unspecified atom stereocenters. The van der Waals surface area contributed by atoms with Gasteiger partial charge in [-0.25, -0.2) is 4.79 Å². The third-order valence-electron chi connectivity index (χ3n) is 3.40. The van der Waals surface area contributed by atoms with Crippen LogP contribution in [-0.2, 0) is 10.9 Å². The van der Waals surface area contributed by atoms with E-state index in [-0.39, 0.29) is 6.61 Å². The molecule has 1 aromatic carbocycles. The molecule has 0 spiro atoms. The molecule has 24 heavy (non-hydrogen) atoms. The summed E-state index contributed by atoms with van der Waals surface area (Å²) in [5.41, 5.74) is -1.03. The van der Waals surface area contributed by atoms with Crippen molar-refractivity contribution < 1.29 is 22.7 Å². The molecule has 0 aliphatic heterocycles. The van der Waals surface area contributed by atoms with Crippen LogP contribution < -0.4 is 0 Å². The molecular weight excluding hydrogens is 321 g/mol. The Bertz CT molecular complexity index is 771. The summed E-state index contributed by atoms with van der Waals surface area (Å²) in [4.78, 5) is 12.2. The van der Waals surface area contributed by atoms with Crippen LogP contribution in [0.1, 0.15) is 41.5 Å². The first kappa shape index (κ1) is 17.6. The minimum absolute atomic E-state index is 0.280. The van der Waals surface area contributed by atoms with Crippen LogP contribution in [0.2, 0.25) is 0 Å². The first-order chi connectivity index (χ1) is 11.4. The number of hydrogen-bond donors (Lipinski definition) is 0. The molecule has 0 aliphatic carbocycles. The van der Waals surface area contributed by atoms with Crippen molar-refractivity contribution in [3.05, 3.63) is 53.3 Å². The van der Waals surface area contributed by atoms with Crippen LogP contribution in [0, 0.1) is 11.8 Å². The molecule has 0 radical (unpaired) electrons. The van der Waals surface area contributed by atoms with Gasteiger partial charge in [-0.1, -0.05) is 36.3 Å². The van der Waals surface area contributed by atoms with Gasteiger partial charge in [0.2, 0.25) is 0 Å². The van der Waals surface area contributed by atoms with E-state index in [1.165, 1.54) is 6.92 Å². The summed E-state index contributed by atoms with van der Waals surface area (Å²) in [5, 5.41) is 3.77. The molecule has 2 aromatic rings. The van der Waals surface area contributed by atoms with E-state index in [2.05, 4.69) is 16.9 Å². The molecule has 0 saturated carbocycles. The average molecular weight is 336 g/mol. The molecule has 1 atom stereocenters. The number of nitrogens with zero attached hydrogens (tertiary/aromatic N) is 2. The minimum atomic E-state index is -4.71. The average Bonchev–Trinajstić information content (AvgIpc) is 3.00. The Morgan fingerprint density at radius 2 is 2.00 bits per heavy atom. The third kappa shape index (κ3) is 3.77. The molecule has 0 N–H and O–H groups in total. The van der Waals surface area contributed by atoms with Crippen LogP contribution in [-0.4, -0.2) is 22.4 Å². The summed E-state index contributed by atoms with van der Waals surface area (Å²) in [6.45, 7) is 2.92. The van der Waals surface area contributed by atoms with E-state index in [1.807, 2.05) is 0 Å². The quantitative estimate of drug-likeness (QED) is 0.632. The van der Waals surface area contributed by atoms with E-state index in [9.17, 15) is 18.0 Å². The fourth-order valence-electron chi connectivity index (χ4n) is 2.18.